The van der Waals surface area contributed by atoms with Gasteiger partial charge in [0.25, 0.3) is 0 Å². The van der Waals surface area contributed by atoms with Crippen LogP contribution in [0.3, 0.4) is 0 Å². The lowest BCUT2D eigenvalue weighted by atomic mass is 10.1. The van der Waals surface area contributed by atoms with Crippen LogP contribution in [0, 0.1) is 39.0 Å². The minimum atomic E-state index is 0.513. The predicted octanol–water partition coefficient (Wildman–Crippen LogP) is 3.93. The molecule has 19 heavy (non-hydrogen) atoms. The number of nitrogen functional groups attached to an aromatic ring is 1. The van der Waals surface area contributed by atoms with E-state index in [2.05, 4.69) is 34.1 Å². The highest BCUT2D eigenvalue weighted by Crippen LogP contribution is 2.30. The number of aryl methyl sites for hydroxylation is 2. The summed E-state index contributed by atoms with van der Waals surface area (Å²) in [6.45, 7) is 8.01. The Bertz CT molecular complexity index is 682. The van der Waals surface area contributed by atoms with E-state index in [0.29, 0.717) is 11.4 Å². The summed E-state index contributed by atoms with van der Waals surface area (Å²) in [6, 6.07) is 6.32. The average Bonchev–Trinajstić information content (AvgIpc) is 2.57. The van der Waals surface area contributed by atoms with E-state index in [4.69, 9.17) is 5.73 Å². The number of anilines is 1. The Labute approximate surface area is 121 Å². The van der Waals surface area contributed by atoms with Crippen molar-refractivity contribution in [1.82, 2.24) is 4.57 Å². The first kappa shape index (κ1) is 13.7. The molecule has 0 aliphatic carbocycles. The van der Waals surface area contributed by atoms with Gasteiger partial charge in [-0.2, -0.15) is 5.26 Å². The molecule has 0 radical (unpaired) electrons. The van der Waals surface area contributed by atoms with Gasteiger partial charge in [-0.15, -0.1) is 0 Å². The SMILES string of the molecule is Cc1cc(-n2c(C)c(C)c(C#N)c2N)cc(C)c1Br. The number of benzene rings is 1. The highest BCUT2D eigenvalue weighted by molar-refractivity contribution is 9.10. The molecule has 2 N–H and O–H groups in total. The van der Waals surface area contributed by atoms with E-state index in [0.717, 1.165) is 32.5 Å². The number of rotatable bonds is 1. The van der Waals surface area contributed by atoms with Gasteiger partial charge in [-0.1, -0.05) is 15.9 Å². The number of aromatic nitrogens is 1. The van der Waals surface area contributed by atoms with E-state index < -0.39 is 0 Å². The van der Waals surface area contributed by atoms with Gasteiger partial charge in [-0.05, 0) is 56.5 Å². The summed E-state index contributed by atoms with van der Waals surface area (Å²) >= 11 is 3.56. The van der Waals surface area contributed by atoms with Gasteiger partial charge in [-0.25, -0.2) is 0 Å². The Kier molecular flexibility index (Phi) is 3.42. The predicted molar refractivity (Wildman–Crippen MR) is 81.5 cm³/mol. The second kappa shape index (κ2) is 4.75. The number of hydrogen-bond acceptors (Lipinski definition) is 2. The van der Waals surface area contributed by atoms with Crippen LogP contribution in [-0.2, 0) is 0 Å². The molecule has 0 aliphatic rings. The van der Waals surface area contributed by atoms with E-state index >= 15 is 0 Å². The van der Waals surface area contributed by atoms with Crippen LogP contribution in [-0.4, -0.2) is 4.57 Å². The normalized spacial score (nSPS) is 10.5. The minimum Gasteiger partial charge on any atom is -0.384 e. The lowest BCUT2D eigenvalue weighted by Crippen LogP contribution is -2.03. The van der Waals surface area contributed by atoms with Crippen LogP contribution in [0.4, 0.5) is 5.82 Å². The summed E-state index contributed by atoms with van der Waals surface area (Å²) in [5, 5.41) is 9.19. The molecule has 0 spiro atoms. The van der Waals surface area contributed by atoms with Crippen molar-refractivity contribution in [3.05, 3.63) is 44.6 Å². The van der Waals surface area contributed by atoms with Crippen molar-refractivity contribution in [2.24, 2.45) is 0 Å². The van der Waals surface area contributed by atoms with Crippen LogP contribution in [0.25, 0.3) is 5.69 Å². The Balaban J connectivity index is 2.77. The number of nitrogens with zero attached hydrogens (tertiary/aromatic N) is 2. The van der Waals surface area contributed by atoms with Gasteiger partial charge < -0.3 is 5.73 Å². The molecule has 0 atom stereocenters. The molecular formula is C15H16BrN3. The maximum Gasteiger partial charge on any atom is 0.126 e. The topological polar surface area (TPSA) is 54.7 Å². The Morgan fingerprint density at radius 3 is 2.11 bits per heavy atom. The quantitative estimate of drug-likeness (QED) is 0.866. The van der Waals surface area contributed by atoms with Gasteiger partial charge in [0.15, 0.2) is 0 Å². The second-order valence-electron chi connectivity index (χ2n) is 4.81. The summed E-state index contributed by atoms with van der Waals surface area (Å²) < 4.78 is 3.05. The third-order valence-corrected chi connectivity index (χ3v) is 4.79. The van der Waals surface area contributed by atoms with E-state index in [1.807, 2.05) is 32.3 Å². The average molecular weight is 318 g/mol. The molecule has 0 fully saturated rings. The van der Waals surface area contributed by atoms with Crippen LogP contribution >= 0.6 is 15.9 Å². The Hall–Kier alpha value is -1.73. The van der Waals surface area contributed by atoms with Crippen molar-refractivity contribution in [1.29, 1.82) is 5.26 Å². The number of nitrogens with two attached hydrogens (primary N) is 1. The summed E-state index contributed by atoms with van der Waals surface area (Å²) in [6.07, 6.45) is 0. The molecule has 4 heteroatoms. The third kappa shape index (κ3) is 2.04. The van der Waals surface area contributed by atoms with E-state index in [1.54, 1.807) is 0 Å². The molecule has 0 unspecified atom stereocenters. The zero-order valence-corrected chi connectivity index (χ0v) is 13.1. The molecule has 1 aromatic heterocycles. The standard InChI is InChI=1S/C15H16BrN3/c1-8-5-12(6-9(2)14(8)16)19-11(4)10(3)13(7-17)15(19)18/h5-6H,18H2,1-4H3. The van der Waals surface area contributed by atoms with Gasteiger partial charge in [0.2, 0.25) is 0 Å². The van der Waals surface area contributed by atoms with Gasteiger partial charge >= 0.3 is 0 Å². The van der Waals surface area contributed by atoms with Crippen molar-refractivity contribution in [3.8, 4) is 11.8 Å². The van der Waals surface area contributed by atoms with Crippen LogP contribution in [0.2, 0.25) is 0 Å². The van der Waals surface area contributed by atoms with Crippen molar-refractivity contribution in [2.75, 3.05) is 5.73 Å². The minimum absolute atomic E-state index is 0.513. The third-order valence-electron chi connectivity index (χ3n) is 3.54. The van der Waals surface area contributed by atoms with Crippen LogP contribution in [0.1, 0.15) is 27.9 Å². The summed E-state index contributed by atoms with van der Waals surface area (Å²) in [4.78, 5) is 0. The molecule has 98 valence electrons. The molecule has 0 amide bonds. The van der Waals surface area contributed by atoms with Crippen molar-refractivity contribution in [2.45, 2.75) is 27.7 Å². The lowest BCUT2D eigenvalue weighted by Gasteiger charge is -2.13. The largest absolute Gasteiger partial charge is 0.384 e. The fraction of sp³-hybridized carbons (Fsp3) is 0.267. The molecule has 2 rings (SSSR count). The number of nitriles is 1. The maximum atomic E-state index is 9.19. The highest BCUT2D eigenvalue weighted by atomic mass is 79.9. The molecule has 2 aromatic rings. The zero-order chi connectivity index (χ0) is 14.3. The summed E-state index contributed by atoms with van der Waals surface area (Å²) in [5.74, 6) is 0.513. The smallest absolute Gasteiger partial charge is 0.126 e. The van der Waals surface area contributed by atoms with Crippen LogP contribution < -0.4 is 5.73 Å². The number of hydrogen-bond donors (Lipinski definition) is 1. The van der Waals surface area contributed by atoms with Crippen molar-refractivity contribution < 1.29 is 0 Å². The van der Waals surface area contributed by atoms with Crippen molar-refractivity contribution >= 4 is 21.7 Å². The summed E-state index contributed by atoms with van der Waals surface area (Å²) in [7, 11) is 0. The van der Waals surface area contributed by atoms with Gasteiger partial charge in [0, 0.05) is 15.9 Å². The number of halogens is 1. The van der Waals surface area contributed by atoms with E-state index in [-0.39, 0.29) is 0 Å². The van der Waals surface area contributed by atoms with E-state index in [1.165, 1.54) is 0 Å². The van der Waals surface area contributed by atoms with Gasteiger partial charge in [0.05, 0.1) is 5.56 Å². The lowest BCUT2D eigenvalue weighted by molar-refractivity contribution is 1.01. The fourth-order valence-corrected chi connectivity index (χ4v) is 2.59. The first-order valence-corrected chi connectivity index (χ1v) is 6.82. The molecule has 0 bridgehead atoms. The van der Waals surface area contributed by atoms with Crippen LogP contribution in [0.5, 0.6) is 0 Å². The van der Waals surface area contributed by atoms with E-state index in [9.17, 15) is 5.26 Å². The van der Waals surface area contributed by atoms with Crippen LogP contribution in [0.15, 0.2) is 16.6 Å². The molecule has 3 nitrogen and oxygen atoms in total. The van der Waals surface area contributed by atoms with Crippen molar-refractivity contribution in [3.63, 3.8) is 0 Å². The monoisotopic (exact) mass is 317 g/mol. The van der Waals surface area contributed by atoms with Gasteiger partial charge in [0.1, 0.15) is 11.9 Å². The Morgan fingerprint density at radius 2 is 1.68 bits per heavy atom. The molecule has 0 saturated heterocycles. The zero-order valence-electron chi connectivity index (χ0n) is 11.5. The molecule has 1 heterocycles. The molecule has 0 saturated carbocycles. The van der Waals surface area contributed by atoms with Gasteiger partial charge in [-0.3, -0.25) is 4.57 Å². The fourth-order valence-electron chi connectivity index (χ4n) is 2.36. The Morgan fingerprint density at radius 1 is 1.16 bits per heavy atom. The maximum absolute atomic E-state index is 9.19. The highest BCUT2D eigenvalue weighted by Gasteiger charge is 2.17. The molecular weight excluding hydrogens is 302 g/mol. The summed E-state index contributed by atoms with van der Waals surface area (Å²) in [5.41, 5.74) is 11.9. The second-order valence-corrected chi connectivity index (χ2v) is 5.60. The first-order chi connectivity index (χ1) is 8.88. The molecule has 1 aromatic carbocycles. The first-order valence-electron chi connectivity index (χ1n) is 6.03. The molecule has 0 aliphatic heterocycles.